The maximum absolute atomic E-state index is 4.33. The van der Waals surface area contributed by atoms with Crippen molar-refractivity contribution in [2.45, 2.75) is 37.8 Å². The normalized spacial score (nSPS) is 12.7. The summed E-state index contributed by atoms with van der Waals surface area (Å²) in [7, 11) is 0. The van der Waals surface area contributed by atoms with Gasteiger partial charge in [-0.15, -0.1) is 11.8 Å². The average molecular weight is 303 g/mol. The lowest BCUT2D eigenvalue weighted by Gasteiger charge is -2.12. The quantitative estimate of drug-likeness (QED) is 0.777. The van der Waals surface area contributed by atoms with Crippen molar-refractivity contribution in [2.24, 2.45) is 0 Å². The maximum atomic E-state index is 4.33. The average Bonchev–Trinajstić information content (AvgIpc) is 2.29. The Hall–Kier alpha value is -0.0600. The van der Waals surface area contributed by atoms with Crippen LogP contribution in [-0.2, 0) is 0 Å². The summed E-state index contributed by atoms with van der Waals surface area (Å²) in [5.41, 5.74) is 0. The van der Waals surface area contributed by atoms with Crippen molar-refractivity contribution in [3.8, 4) is 0 Å². The molecule has 0 bridgehead atoms. The molecule has 1 rings (SSSR count). The van der Waals surface area contributed by atoms with Crippen LogP contribution in [0.15, 0.2) is 27.8 Å². The van der Waals surface area contributed by atoms with Crippen molar-refractivity contribution < 1.29 is 0 Å². The molecule has 1 aromatic heterocycles. The largest absolute Gasteiger partial charge is 0.314 e. The molecule has 0 aromatic carbocycles. The Bertz CT molecular complexity index is 307. The fraction of sp³-hybridized carbons (Fsp3) is 0.583. The van der Waals surface area contributed by atoms with Crippen LogP contribution in [0, 0.1) is 0 Å². The van der Waals surface area contributed by atoms with Crippen LogP contribution in [-0.4, -0.2) is 23.3 Å². The molecule has 0 aliphatic heterocycles. The lowest BCUT2D eigenvalue weighted by atomic mass is 10.2. The summed E-state index contributed by atoms with van der Waals surface area (Å²) in [4.78, 5) is 4.33. The lowest BCUT2D eigenvalue weighted by molar-refractivity contribution is 0.536. The fourth-order valence-corrected chi connectivity index (χ4v) is 2.91. The van der Waals surface area contributed by atoms with Crippen molar-refractivity contribution in [3.63, 3.8) is 0 Å². The molecule has 0 fully saturated rings. The van der Waals surface area contributed by atoms with E-state index in [1.165, 1.54) is 12.8 Å². The van der Waals surface area contributed by atoms with Gasteiger partial charge in [-0.3, -0.25) is 0 Å². The number of hydrogen-bond acceptors (Lipinski definition) is 3. The van der Waals surface area contributed by atoms with Crippen molar-refractivity contribution in [3.05, 3.63) is 22.8 Å². The SMILES string of the molecule is CCCNC(C)CCSc1ncccc1Br. The van der Waals surface area contributed by atoms with E-state index in [1.54, 1.807) is 0 Å². The van der Waals surface area contributed by atoms with Crippen LogP contribution in [0.3, 0.4) is 0 Å². The van der Waals surface area contributed by atoms with E-state index in [0.717, 1.165) is 21.8 Å². The minimum absolute atomic E-state index is 0.593. The molecule has 4 heteroatoms. The third kappa shape index (κ3) is 5.32. The fourth-order valence-electron chi connectivity index (χ4n) is 1.30. The highest BCUT2D eigenvalue weighted by Crippen LogP contribution is 2.25. The highest BCUT2D eigenvalue weighted by Gasteiger charge is 2.03. The highest BCUT2D eigenvalue weighted by molar-refractivity contribution is 9.10. The first-order chi connectivity index (χ1) is 7.74. The molecule has 0 spiro atoms. The molecule has 1 heterocycles. The van der Waals surface area contributed by atoms with Gasteiger partial charge in [-0.25, -0.2) is 4.98 Å². The first kappa shape index (κ1) is 14.0. The second-order valence-corrected chi connectivity index (χ2v) is 5.72. The lowest BCUT2D eigenvalue weighted by Crippen LogP contribution is -2.27. The van der Waals surface area contributed by atoms with Crippen LogP contribution in [0.2, 0.25) is 0 Å². The molecule has 16 heavy (non-hydrogen) atoms. The van der Waals surface area contributed by atoms with E-state index in [0.29, 0.717) is 6.04 Å². The van der Waals surface area contributed by atoms with E-state index in [1.807, 2.05) is 30.1 Å². The number of halogens is 1. The van der Waals surface area contributed by atoms with Crippen LogP contribution < -0.4 is 5.32 Å². The van der Waals surface area contributed by atoms with Gasteiger partial charge in [-0.05, 0) is 54.4 Å². The predicted octanol–water partition coefficient (Wildman–Crippen LogP) is 3.71. The van der Waals surface area contributed by atoms with Crippen LogP contribution >= 0.6 is 27.7 Å². The van der Waals surface area contributed by atoms with Crippen molar-refractivity contribution in [1.29, 1.82) is 0 Å². The second kappa shape index (κ2) is 8.09. The van der Waals surface area contributed by atoms with E-state index in [-0.39, 0.29) is 0 Å². The Labute approximate surface area is 111 Å². The number of nitrogens with zero attached hydrogens (tertiary/aromatic N) is 1. The summed E-state index contributed by atoms with van der Waals surface area (Å²) < 4.78 is 1.09. The summed E-state index contributed by atoms with van der Waals surface area (Å²) in [6, 6.07) is 4.57. The molecule has 0 amide bonds. The van der Waals surface area contributed by atoms with Crippen molar-refractivity contribution in [2.75, 3.05) is 12.3 Å². The van der Waals surface area contributed by atoms with Gasteiger partial charge in [0.1, 0.15) is 5.03 Å². The van der Waals surface area contributed by atoms with Crippen LogP contribution in [0.4, 0.5) is 0 Å². The Morgan fingerprint density at radius 1 is 1.56 bits per heavy atom. The summed E-state index contributed by atoms with van der Waals surface area (Å²) >= 11 is 5.32. The maximum Gasteiger partial charge on any atom is 0.110 e. The van der Waals surface area contributed by atoms with Gasteiger partial charge in [0.15, 0.2) is 0 Å². The Balaban J connectivity index is 2.23. The Morgan fingerprint density at radius 2 is 2.38 bits per heavy atom. The highest BCUT2D eigenvalue weighted by atomic mass is 79.9. The Morgan fingerprint density at radius 3 is 3.06 bits per heavy atom. The standard InChI is InChI=1S/C12H19BrN2S/c1-3-7-14-10(2)6-9-16-12-11(13)5-4-8-15-12/h4-5,8,10,14H,3,6-7,9H2,1-2H3. The molecular formula is C12H19BrN2S. The molecule has 1 unspecified atom stereocenters. The third-order valence-electron chi connectivity index (χ3n) is 2.26. The van der Waals surface area contributed by atoms with Gasteiger partial charge in [0.25, 0.3) is 0 Å². The number of pyridine rings is 1. The summed E-state index contributed by atoms with van der Waals surface area (Å²) in [6.45, 7) is 5.54. The minimum atomic E-state index is 0.593. The van der Waals surface area contributed by atoms with E-state index >= 15 is 0 Å². The molecule has 1 aromatic rings. The molecular weight excluding hydrogens is 284 g/mol. The van der Waals surface area contributed by atoms with Gasteiger partial charge in [0.05, 0.1) is 0 Å². The zero-order valence-corrected chi connectivity index (χ0v) is 12.3. The van der Waals surface area contributed by atoms with Crippen molar-refractivity contribution in [1.82, 2.24) is 10.3 Å². The van der Waals surface area contributed by atoms with Gasteiger partial charge in [0, 0.05) is 22.5 Å². The van der Waals surface area contributed by atoms with E-state index in [9.17, 15) is 0 Å². The van der Waals surface area contributed by atoms with Crippen LogP contribution in [0.1, 0.15) is 26.7 Å². The third-order valence-corrected chi connectivity index (χ3v) is 4.20. The first-order valence-electron chi connectivity index (χ1n) is 5.70. The van der Waals surface area contributed by atoms with E-state index in [4.69, 9.17) is 0 Å². The van der Waals surface area contributed by atoms with E-state index in [2.05, 4.69) is 40.1 Å². The second-order valence-electron chi connectivity index (χ2n) is 3.78. The molecule has 2 nitrogen and oxygen atoms in total. The first-order valence-corrected chi connectivity index (χ1v) is 7.48. The minimum Gasteiger partial charge on any atom is -0.314 e. The zero-order valence-electron chi connectivity index (χ0n) is 9.87. The van der Waals surface area contributed by atoms with Crippen molar-refractivity contribution >= 4 is 27.7 Å². The molecule has 0 radical (unpaired) electrons. The van der Waals surface area contributed by atoms with Gasteiger partial charge >= 0.3 is 0 Å². The summed E-state index contributed by atoms with van der Waals surface area (Å²) in [5.74, 6) is 1.10. The zero-order chi connectivity index (χ0) is 11.8. The van der Waals surface area contributed by atoms with Gasteiger partial charge in [0.2, 0.25) is 0 Å². The van der Waals surface area contributed by atoms with E-state index < -0.39 is 0 Å². The molecule has 1 atom stereocenters. The van der Waals surface area contributed by atoms with Crippen LogP contribution in [0.25, 0.3) is 0 Å². The topological polar surface area (TPSA) is 24.9 Å². The molecule has 0 saturated carbocycles. The number of nitrogens with one attached hydrogen (secondary N) is 1. The number of thioether (sulfide) groups is 1. The number of rotatable bonds is 7. The monoisotopic (exact) mass is 302 g/mol. The van der Waals surface area contributed by atoms with Gasteiger partial charge < -0.3 is 5.32 Å². The summed E-state index contributed by atoms with van der Waals surface area (Å²) in [5, 5.41) is 4.58. The Kier molecular flexibility index (Phi) is 7.08. The molecule has 0 aliphatic rings. The van der Waals surface area contributed by atoms with Gasteiger partial charge in [-0.1, -0.05) is 6.92 Å². The molecule has 90 valence electrons. The molecule has 0 aliphatic carbocycles. The molecule has 1 N–H and O–H groups in total. The predicted molar refractivity (Wildman–Crippen MR) is 75.0 cm³/mol. The van der Waals surface area contributed by atoms with Crippen LogP contribution in [0.5, 0.6) is 0 Å². The summed E-state index contributed by atoms with van der Waals surface area (Å²) in [6.07, 6.45) is 4.21. The molecule has 0 saturated heterocycles. The van der Waals surface area contributed by atoms with Gasteiger partial charge in [-0.2, -0.15) is 0 Å². The smallest absolute Gasteiger partial charge is 0.110 e. The number of hydrogen-bond donors (Lipinski definition) is 1. The number of aromatic nitrogens is 1.